The summed E-state index contributed by atoms with van der Waals surface area (Å²) in [6.07, 6.45) is 0.599. The van der Waals surface area contributed by atoms with Gasteiger partial charge in [0, 0.05) is 30.4 Å². The van der Waals surface area contributed by atoms with Gasteiger partial charge in [-0.3, -0.25) is 9.59 Å². The van der Waals surface area contributed by atoms with Crippen molar-refractivity contribution in [2.45, 2.75) is 11.8 Å². The van der Waals surface area contributed by atoms with Gasteiger partial charge in [-0.05, 0) is 36.2 Å². The van der Waals surface area contributed by atoms with Crippen LogP contribution in [0.3, 0.4) is 0 Å². The molecule has 0 saturated carbocycles. The Hall–Kier alpha value is -4.20. The van der Waals surface area contributed by atoms with Crippen molar-refractivity contribution < 1.29 is 28.5 Å². The number of nitrogens with one attached hydrogen (secondary N) is 1. The molecule has 0 aromatic heterocycles. The summed E-state index contributed by atoms with van der Waals surface area (Å²) in [5.41, 5.74) is 1.67. The summed E-state index contributed by atoms with van der Waals surface area (Å²) in [5, 5.41) is 2.86. The predicted molar refractivity (Wildman–Crippen MR) is 127 cm³/mol. The molecule has 3 aliphatic rings. The summed E-state index contributed by atoms with van der Waals surface area (Å²) in [5.74, 6) is 2.31. The number of anilines is 1. The molecule has 1 spiro atoms. The van der Waals surface area contributed by atoms with E-state index in [1.54, 1.807) is 23.1 Å². The normalized spacial score (nSPS) is 18.9. The third-order valence-corrected chi connectivity index (χ3v) is 6.64. The molecule has 0 bridgehead atoms. The van der Waals surface area contributed by atoms with Gasteiger partial charge in [0.1, 0.15) is 23.5 Å². The Morgan fingerprint density at radius 1 is 0.943 bits per heavy atom. The van der Waals surface area contributed by atoms with Crippen molar-refractivity contribution in [3.8, 4) is 23.0 Å². The minimum atomic E-state index is -0.917. The van der Waals surface area contributed by atoms with Gasteiger partial charge in [-0.15, -0.1) is 0 Å². The SMILES string of the molecule is O=C(COc1ccccc1)NCCCN1C(=O)C2(COc3cc4c(cc32)OCO4)c2ccccc21. The predicted octanol–water partition coefficient (Wildman–Crippen LogP) is 3.03. The molecular weight excluding hydrogens is 448 g/mol. The maximum Gasteiger partial charge on any atom is 0.257 e. The molecule has 1 N–H and O–H groups in total. The summed E-state index contributed by atoms with van der Waals surface area (Å²) in [7, 11) is 0. The van der Waals surface area contributed by atoms with Crippen LogP contribution in [0.1, 0.15) is 17.5 Å². The summed E-state index contributed by atoms with van der Waals surface area (Å²) in [4.78, 5) is 27.9. The third kappa shape index (κ3) is 3.53. The molecule has 0 aliphatic carbocycles. The number of rotatable bonds is 7. The first kappa shape index (κ1) is 21.3. The molecule has 0 saturated heterocycles. The summed E-state index contributed by atoms with van der Waals surface area (Å²) < 4.78 is 22.5. The van der Waals surface area contributed by atoms with E-state index >= 15 is 0 Å². The van der Waals surface area contributed by atoms with Gasteiger partial charge >= 0.3 is 0 Å². The highest BCUT2D eigenvalue weighted by Gasteiger charge is 2.57. The molecule has 1 unspecified atom stereocenters. The van der Waals surface area contributed by atoms with Crippen LogP contribution in [0.25, 0.3) is 0 Å². The van der Waals surface area contributed by atoms with Crippen LogP contribution in [0.15, 0.2) is 66.7 Å². The smallest absolute Gasteiger partial charge is 0.257 e. The van der Waals surface area contributed by atoms with Crippen LogP contribution in [-0.4, -0.2) is 44.9 Å². The second-order valence-corrected chi connectivity index (χ2v) is 8.67. The van der Waals surface area contributed by atoms with E-state index in [9.17, 15) is 9.59 Å². The second-order valence-electron chi connectivity index (χ2n) is 8.67. The van der Waals surface area contributed by atoms with Crippen LogP contribution in [0.5, 0.6) is 23.0 Å². The van der Waals surface area contributed by atoms with Crippen LogP contribution in [0.4, 0.5) is 5.69 Å². The Kier molecular flexibility index (Phi) is 5.21. The van der Waals surface area contributed by atoms with Crippen molar-refractivity contribution in [3.63, 3.8) is 0 Å². The number of hydrogen-bond donors (Lipinski definition) is 1. The number of para-hydroxylation sites is 2. The molecule has 3 aliphatic heterocycles. The van der Waals surface area contributed by atoms with E-state index in [0.29, 0.717) is 42.5 Å². The molecule has 3 aromatic rings. The van der Waals surface area contributed by atoms with E-state index in [1.165, 1.54) is 0 Å². The zero-order chi connectivity index (χ0) is 23.8. The van der Waals surface area contributed by atoms with Crippen LogP contribution in [-0.2, 0) is 15.0 Å². The van der Waals surface area contributed by atoms with Gasteiger partial charge in [0.2, 0.25) is 12.7 Å². The van der Waals surface area contributed by atoms with Crippen molar-refractivity contribution in [3.05, 3.63) is 77.9 Å². The highest BCUT2D eigenvalue weighted by atomic mass is 16.7. The van der Waals surface area contributed by atoms with E-state index in [0.717, 1.165) is 16.8 Å². The van der Waals surface area contributed by atoms with Crippen molar-refractivity contribution >= 4 is 17.5 Å². The number of fused-ring (bicyclic) bond motifs is 5. The molecular formula is C27H24N2O6. The van der Waals surface area contributed by atoms with Crippen LogP contribution in [0.2, 0.25) is 0 Å². The molecule has 0 fully saturated rings. The van der Waals surface area contributed by atoms with Crippen LogP contribution in [0, 0.1) is 0 Å². The second kappa shape index (κ2) is 8.54. The fraction of sp³-hybridized carbons (Fsp3) is 0.259. The topological polar surface area (TPSA) is 86.3 Å². The van der Waals surface area contributed by atoms with E-state index in [4.69, 9.17) is 18.9 Å². The lowest BCUT2D eigenvalue weighted by molar-refractivity contribution is -0.123. The molecule has 35 heavy (non-hydrogen) atoms. The first-order valence-electron chi connectivity index (χ1n) is 11.6. The van der Waals surface area contributed by atoms with Gasteiger partial charge in [0.25, 0.3) is 5.91 Å². The maximum atomic E-state index is 13.9. The van der Waals surface area contributed by atoms with Crippen molar-refractivity contribution in [2.24, 2.45) is 0 Å². The van der Waals surface area contributed by atoms with Gasteiger partial charge in [-0.1, -0.05) is 36.4 Å². The molecule has 3 aromatic carbocycles. The quantitative estimate of drug-likeness (QED) is 0.532. The number of amides is 2. The number of hydrogen-bond acceptors (Lipinski definition) is 6. The first-order chi connectivity index (χ1) is 17.2. The molecule has 2 amide bonds. The molecule has 178 valence electrons. The summed E-state index contributed by atoms with van der Waals surface area (Å²) in [6.45, 7) is 1.23. The van der Waals surface area contributed by atoms with E-state index in [-0.39, 0.29) is 31.8 Å². The Labute approximate surface area is 202 Å². The molecule has 0 radical (unpaired) electrons. The monoisotopic (exact) mass is 472 g/mol. The average molecular weight is 472 g/mol. The number of benzene rings is 3. The fourth-order valence-corrected chi connectivity index (χ4v) is 4.97. The summed E-state index contributed by atoms with van der Waals surface area (Å²) in [6, 6.07) is 20.7. The molecule has 8 heteroatoms. The Balaban J connectivity index is 1.14. The number of ether oxygens (including phenoxy) is 4. The van der Waals surface area contributed by atoms with E-state index < -0.39 is 5.41 Å². The first-order valence-corrected chi connectivity index (χ1v) is 11.6. The zero-order valence-corrected chi connectivity index (χ0v) is 19.0. The highest BCUT2D eigenvalue weighted by Crippen LogP contribution is 2.54. The Morgan fingerprint density at radius 3 is 2.57 bits per heavy atom. The lowest BCUT2D eigenvalue weighted by Gasteiger charge is -2.23. The minimum absolute atomic E-state index is 0.0324. The van der Waals surface area contributed by atoms with Crippen molar-refractivity contribution in [1.29, 1.82) is 0 Å². The molecule has 3 heterocycles. The standard InChI is InChI=1S/C27H24N2O6/c30-25(15-32-18-7-2-1-3-8-18)28-11-6-12-29-21-10-5-4-9-19(21)27(26(29)31)16-33-22-14-24-23(13-20(22)27)34-17-35-24/h1-5,7-10,13-14H,6,11-12,15-17H2,(H,28,30). The van der Waals surface area contributed by atoms with Crippen molar-refractivity contribution in [2.75, 3.05) is 38.0 Å². The van der Waals surface area contributed by atoms with E-state index in [2.05, 4.69) is 5.32 Å². The van der Waals surface area contributed by atoms with Gasteiger partial charge in [0.15, 0.2) is 18.1 Å². The molecule has 1 atom stereocenters. The zero-order valence-electron chi connectivity index (χ0n) is 19.0. The largest absolute Gasteiger partial charge is 0.491 e. The third-order valence-electron chi connectivity index (χ3n) is 6.64. The molecule has 8 nitrogen and oxygen atoms in total. The average Bonchev–Trinajstić information content (AvgIpc) is 3.56. The number of carbonyl (C=O) groups excluding carboxylic acids is 2. The molecule has 6 rings (SSSR count). The maximum absolute atomic E-state index is 13.9. The lowest BCUT2D eigenvalue weighted by atomic mass is 9.77. The van der Waals surface area contributed by atoms with Gasteiger partial charge in [-0.25, -0.2) is 0 Å². The van der Waals surface area contributed by atoms with Gasteiger partial charge in [-0.2, -0.15) is 0 Å². The van der Waals surface area contributed by atoms with E-state index in [1.807, 2.05) is 48.5 Å². The van der Waals surface area contributed by atoms with Crippen molar-refractivity contribution in [1.82, 2.24) is 5.32 Å². The van der Waals surface area contributed by atoms with Crippen LogP contribution >= 0.6 is 0 Å². The highest BCUT2D eigenvalue weighted by molar-refractivity contribution is 6.11. The van der Waals surface area contributed by atoms with Gasteiger partial charge < -0.3 is 29.2 Å². The van der Waals surface area contributed by atoms with Gasteiger partial charge in [0.05, 0.1) is 0 Å². The number of nitrogens with zero attached hydrogens (tertiary/aromatic N) is 1. The fourth-order valence-electron chi connectivity index (χ4n) is 4.97. The minimum Gasteiger partial charge on any atom is -0.491 e. The Bertz CT molecular complexity index is 1290. The number of carbonyl (C=O) groups is 2. The van der Waals surface area contributed by atoms with Crippen LogP contribution < -0.4 is 29.2 Å². The summed E-state index contributed by atoms with van der Waals surface area (Å²) >= 11 is 0. The Morgan fingerprint density at radius 2 is 1.71 bits per heavy atom. The lowest BCUT2D eigenvalue weighted by Crippen LogP contribution is -2.43.